The van der Waals surface area contributed by atoms with Gasteiger partial charge in [0.1, 0.15) is 5.82 Å². The fraction of sp³-hybridized carbons (Fsp3) is 0.615. The average molecular weight is 221 g/mol. The summed E-state index contributed by atoms with van der Waals surface area (Å²) >= 11 is 0. The maximum Gasteiger partial charge on any atom is 0.131 e. The quantitative estimate of drug-likeness (QED) is 0.827. The van der Waals surface area contributed by atoms with Crippen molar-refractivity contribution in [1.29, 1.82) is 0 Å². The summed E-state index contributed by atoms with van der Waals surface area (Å²) in [6.07, 6.45) is 1.96. The fourth-order valence-corrected chi connectivity index (χ4v) is 1.61. The molecule has 0 saturated heterocycles. The van der Waals surface area contributed by atoms with Gasteiger partial charge >= 0.3 is 0 Å². The van der Waals surface area contributed by atoms with Crippen molar-refractivity contribution < 1.29 is 0 Å². The highest BCUT2D eigenvalue weighted by Crippen LogP contribution is 2.18. The highest BCUT2D eigenvalue weighted by Gasteiger charge is 2.09. The molecule has 16 heavy (non-hydrogen) atoms. The van der Waals surface area contributed by atoms with Crippen molar-refractivity contribution >= 4 is 5.82 Å². The number of aromatic nitrogens is 1. The summed E-state index contributed by atoms with van der Waals surface area (Å²) in [4.78, 5) is 6.74. The van der Waals surface area contributed by atoms with Crippen LogP contribution < -0.4 is 10.2 Å². The summed E-state index contributed by atoms with van der Waals surface area (Å²) in [5.41, 5.74) is 2.49. The van der Waals surface area contributed by atoms with Gasteiger partial charge in [0.15, 0.2) is 0 Å². The first-order valence-electron chi connectivity index (χ1n) is 5.95. The molecule has 0 atom stereocenters. The van der Waals surface area contributed by atoms with E-state index in [-0.39, 0.29) is 0 Å². The molecule has 0 spiro atoms. The molecule has 0 aromatic carbocycles. The van der Waals surface area contributed by atoms with Gasteiger partial charge in [0.25, 0.3) is 0 Å². The van der Waals surface area contributed by atoms with Crippen molar-refractivity contribution in [2.45, 2.75) is 40.3 Å². The van der Waals surface area contributed by atoms with Crippen molar-refractivity contribution in [3.05, 3.63) is 23.4 Å². The molecule has 0 amide bonds. The van der Waals surface area contributed by atoms with Crippen LogP contribution >= 0.6 is 0 Å². The molecule has 0 radical (unpaired) electrons. The van der Waals surface area contributed by atoms with Gasteiger partial charge in [-0.3, -0.25) is 0 Å². The van der Waals surface area contributed by atoms with E-state index in [2.05, 4.69) is 56.0 Å². The first-order chi connectivity index (χ1) is 7.56. The van der Waals surface area contributed by atoms with Crippen LogP contribution in [0.2, 0.25) is 0 Å². The van der Waals surface area contributed by atoms with Crippen LogP contribution in [0.4, 0.5) is 5.82 Å². The van der Waals surface area contributed by atoms with Crippen molar-refractivity contribution in [1.82, 2.24) is 10.3 Å². The number of pyridine rings is 1. The Morgan fingerprint density at radius 2 is 2.12 bits per heavy atom. The van der Waals surface area contributed by atoms with E-state index in [9.17, 15) is 0 Å². The summed E-state index contributed by atoms with van der Waals surface area (Å²) in [7, 11) is 2.09. The van der Waals surface area contributed by atoms with Crippen molar-refractivity contribution in [2.75, 3.05) is 18.5 Å². The van der Waals surface area contributed by atoms with Crippen molar-refractivity contribution in [3.63, 3.8) is 0 Å². The minimum Gasteiger partial charge on any atom is -0.357 e. The number of hydrogen-bond acceptors (Lipinski definition) is 3. The third kappa shape index (κ3) is 3.20. The molecule has 0 aliphatic heterocycles. The van der Waals surface area contributed by atoms with Crippen molar-refractivity contribution in [3.8, 4) is 0 Å². The highest BCUT2D eigenvalue weighted by atomic mass is 15.2. The fourth-order valence-electron chi connectivity index (χ4n) is 1.61. The topological polar surface area (TPSA) is 28.2 Å². The molecule has 0 bridgehead atoms. The zero-order valence-corrected chi connectivity index (χ0v) is 11.0. The average Bonchev–Trinajstić information content (AvgIpc) is 2.25. The van der Waals surface area contributed by atoms with Gasteiger partial charge in [0.05, 0.1) is 0 Å². The standard InChI is InChI=1S/C13H23N3/c1-6-14-8-12-7-11(4)13(15-9-12)16(5)10(2)3/h7,9-10,14H,6,8H2,1-5H3. The van der Waals surface area contributed by atoms with Gasteiger partial charge in [-0.25, -0.2) is 4.98 Å². The predicted octanol–water partition coefficient (Wildman–Crippen LogP) is 2.34. The molecule has 0 aliphatic rings. The molecule has 90 valence electrons. The maximum absolute atomic E-state index is 4.54. The largest absolute Gasteiger partial charge is 0.357 e. The Morgan fingerprint density at radius 1 is 1.44 bits per heavy atom. The Balaban J connectivity index is 2.82. The molecule has 0 saturated carbocycles. The summed E-state index contributed by atoms with van der Waals surface area (Å²) in [5.74, 6) is 1.08. The smallest absolute Gasteiger partial charge is 0.131 e. The van der Waals surface area contributed by atoms with Crippen LogP contribution in [0.15, 0.2) is 12.3 Å². The normalized spacial score (nSPS) is 10.9. The second kappa shape index (κ2) is 5.85. The van der Waals surface area contributed by atoms with Gasteiger partial charge < -0.3 is 10.2 Å². The molecule has 3 heteroatoms. The van der Waals surface area contributed by atoms with Crippen molar-refractivity contribution in [2.24, 2.45) is 0 Å². The van der Waals surface area contributed by atoms with E-state index in [4.69, 9.17) is 0 Å². The van der Waals surface area contributed by atoms with Gasteiger partial charge in [0, 0.05) is 25.8 Å². The van der Waals surface area contributed by atoms with Gasteiger partial charge in [0.2, 0.25) is 0 Å². The van der Waals surface area contributed by atoms with Crippen LogP contribution in [0, 0.1) is 6.92 Å². The molecule has 0 unspecified atom stereocenters. The van der Waals surface area contributed by atoms with E-state index in [0.29, 0.717) is 6.04 Å². The molecule has 1 rings (SSSR count). The molecule has 1 aromatic heterocycles. The SMILES string of the molecule is CCNCc1cnc(N(C)C(C)C)c(C)c1. The number of anilines is 1. The van der Waals surface area contributed by atoms with E-state index in [0.717, 1.165) is 18.9 Å². The van der Waals surface area contributed by atoms with Crippen LogP contribution in [0.5, 0.6) is 0 Å². The highest BCUT2D eigenvalue weighted by molar-refractivity contribution is 5.47. The zero-order valence-electron chi connectivity index (χ0n) is 11.0. The molecule has 0 fully saturated rings. The molecule has 1 aromatic rings. The molecular weight excluding hydrogens is 198 g/mol. The Kier molecular flexibility index (Phi) is 4.74. The molecule has 1 heterocycles. The number of aryl methyl sites for hydroxylation is 1. The van der Waals surface area contributed by atoms with Crippen LogP contribution in [0.3, 0.4) is 0 Å². The minimum atomic E-state index is 0.478. The second-order valence-electron chi connectivity index (χ2n) is 4.47. The summed E-state index contributed by atoms with van der Waals surface area (Å²) in [6.45, 7) is 10.5. The number of nitrogens with zero attached hydrogens (tertiary/aromatic N) is 2. The lowest BCUT2D eigenvalue weighted by molar-refractivity contribution is 0.717. The summed E-state index contributed by atoms with van der Waals surface area (Å²) < 4.78 is 0. The summed E-state index contributed by atoms with van der Waals surface area (Å²) in [6, 6.07) is 2.69. The number of rotatable bonds is 5. The zero-order chi connectivity index (χ0) is 12.1. The lowest BCUT2D eigenvalue weighted by Crippen LogP contribution is -2.27. The van der Waals surface area contributed by atoms with E-state index in [1.807, 2.05) is 6.20 Å². The third-order valence-corrected chi connectivity index (χ3v) is 2.80. The number of nitrogens with one attached hydrogen (secondary N) is 1. The predicted molar refractivity (Wildman–Crippen MR) is 69.9 cm³/mol. The van der Waals surface area contributed by atoms with Crippen LogP contribution in [0.25, 0.3) is 0 Å². The third-order valence-electron chi connectivity index (χ3n) is 2.80. The second-order valence-corrected chi connectivity index (χ2v) is 4.47. The van der Waals surface area contributed by atoms with E-state index >= 15 is 0 Å². The Morgan fingerprint density at radius 3 is 2.62 bits per heavy atom. The first-order valence-corrected chi connectivity index (χ1v) is 5.95. The van der Waals surface area contributed by atoms with E-state index in [1.54, 1.807) is 0 Å². The van der Waals surface area contributed by atoms with Gasteiger partial charge in [-0.1, -0.05) is 6.92 Å². The molecule has 1 N–H and O–H groups in total. The number of hydrogen-bond donors (Lipinski definition) is 1. The molecule has 0 aliphatic carbocycles. The van der Waals surface area contributed by atoms with Gasteiger partial charge in [-0.15, -0.1) is 0 Å². The van der Waals surface area contributed by atoms with Crippen LogP contribution in [-0.2, 0) is 6.54 Å². The monoisotopic (exact) mass is 221 g/mol. The maximum atomic E-state index is 4.54. The van der Waals surface area contributed by atoms with E-state index < -0.39 is 0 Å². The van der Waals surface area contributed by atoms with E-state index in [1.165, 1.54) is 11.1 Å². The molecule has 3 nitrogen and oxygen atoms in total. The van der Waals surface area contributed by atoms with Gasteiger partial charge in [-0.05, 0) is 44.5 Å². The Bertz CT molecular complexity index is 334. The van der Waals surface area contributed by atoms with Gasteiger partial charge in [-0.2, -0.15) is 0 Å². The Labute approximate surface area is 98.9 Å². The van der Waals surface area contributed by atoms with Crippen LogP contribution in [-0.4, -0.2) is 24.6 Å². The molecular formula is C13H23N3. The summed E-state index contributed by atoms with van der Waals surface area (Å²) in [5, 5.41) is 3.31. The Hall–Kier alpha value is -1.09. The minimum absolute atomic E-state index is 0.478. The van der Waals surface area contributed by atoms with Crippen LogP contribution in [0.1, 0.15) is 31.9 Å². The first kappa shape index (κ1) is 13.0. The lowest BCUT2D eigenvalue weighted by Gasteiger charge is -2.24. The lowest BCUT2D eigenvalue weighted by atomic mass is 10.2.